The second-order valence-electron chi connectivity index (χ2n) is 9.60. The van der Waals surface area contributed by atoms with Crippen LogP contribution < -0.4 is 9.47 Å². The molecule has 0 saturated carbocycles. The molecule has 194 valence electrons. The Hall–Kier alpha value is -3.43. The molecular formula is C28H29FN2O5S. The van der Waals surface area contributed by atoms with Gasteiger partial charge in [-0.1, -0.05) is 12.1 Å². The van der Waals surface area contributed by atoms with E-state index in [9.17, 15) is 17.9 Å². The number of hydrogen-bond donors (Lipinski definition) is 1. The Kier molecular flexibility index (Phi) is 6.92. The van der Waals surface area contributed by atoms with Crippen molar-refractivity contribution in [2.24, 2.45) is 5.92 Å². The van der Waals surface area contributed by atoms with Crippen LogP contribution in [-0.4, -0.2) is 62.6 Å². The van der Waals surface area contributed by atoms with Gasteiger partial charge in [-0.2, -0.15) is 0 Å². The number of benzene rings is 2. The number of ether oxygens (including phenoxy) is 2. The summed E-state index contributed by atoms with van der Waals surface area (Å²) in [5, 5.41) is 10.1. The number of likely N-dealkylation sites (tertiary alicyclic amines) is 1. The lowest BCUT2D eigenvalue weighted by Crippen LogP contribution is -2.49. The lowest BCUT2D eigenvalue weighted by Gasteiger charge is -2.37. The second-order valence-corrected chi connectivity index (χ2v) is 11.6. The highest BCUT2D eigenvalue weighted by molar-refractivity contribution is 7.90. The van der Waals surface area contributed by atoms with E-state index >= 15 is 0 Å². The third-order valence-corrected chi connectivity index (χ3v) is 7.92. The lowest BCUT2D eigenvalue weighted by atomic mass is 9.86. The first-order chi connectivity index (χ1) is 17.7. The fourth-order valence-corrected chi connectivity index (χ4v) is 5.39. The fourth-order valence-electron chi connectivity index (χ4n) is 4.80. The number of aromatic nitrogens is 1. The summed E-state index contributed by atoms with van der Waals surface area (Å²) in [6, 6.07) is 14.2. The van der Waals surface area contributed by atoms with Gasteiger partial charge in [-0.25, -0.2) is 8.42 Å². The Balaban J connectivity index is 1.43. The Morgan fingerprint density at radius 1 is 1.14 bits per heavy atom. The minimum Gasteiger partial charge on any atom is -0.508 e. The number of phenols is 1. The number of aromatic hydroxyl groups is 1. The maximum atomic E-state index is 12.6. The Morgan fingerprint density at radius 2 is 1.89 bits per heavy atom. The first-order valence-electron chi connectivity index (χ1n) is 12.1. The van der Waals surface area contributed by atoms with E-state index in [2.05, 4.69) is 9.88 Å². The van der Waals surface area contributed by atoms with E-state index in [0.717, 1.165) is 53.9 Å². The van der Waals surface area contributed by atoms with Gasteiger partial charge in [0.2, 0.25) is 0 Å². The largest absolute Gasteiger partial charge is 0.508 e. The van der Waals surface area contributed by atoms with Crippen molar-refractivity contribution in [2.45, 2.75) is 17.9 Å². The van der Waals surface area contributed by atoms with Crippen LogP contribution in [-0.2, 0) is 9.84 Å². The van der Waals surface area contributed by atoms with Crippen LogP contribution in [0, 0.1) is 5.92 Å². The highest BCUT2D eigenvalue weighted by Gasteiger charge is 2.30. The maximum Gasteiger partial charge on any atom is 0.177 e. The van der Waals surface area contributed by atoms with E-state index in [1.54, 1.807) is 30.5 Å². The molecule has 1 aromatic heterocycles. The molecule has 3 heterocycles. The van der Waals surface area contributed by atoms with Crippen LogP contribution in [0.15, 0.2) is 65.8 Å². The predicted molar refractivity (Wildman–Crippen MR) is 139 cm³/mol. The molecule has 1 fully saturated rings. The summed E-state index contributed by atoms with van der Waals surface area (Å²) in [6.07, 6.45) is 3.58. The summed E-state index contributed by atoms with van der Waals surface area (Å²) in [5.41, 5.74) is 3.84. The summed E-state index contributed by atoms with van der Waals surface area (Å²) in [4.78, 5) is 6.47. The Morgan fingerprint density at radius 3 is 2.59 bits per heavy atom. The van der Waals surface area contributed by atoms with Crippen molar-refractivity contribution in [3.05, 3.63) is 77.6 Å². The predicted octanol–water partition coefficient (Wildman–Crippen LogP) is 4.54. The van der Waals surface area contributed by atoms with E-state index < -0.39 is 15.9 Å². The summed E-state index contributed by atoms with van der Waals surface area (Å²) in [6.45, 7) is 4.49. The van der Waals surface area contributed by atoms with Crippen molar-refractivity contribution in [3.8, 4) is 17.2 Å². The fraction of sp³-hybridized carbons (Fsp3) is 0.321. The number of pyridine rings is 1. The zero-order valence-corrected chi connectivity index (χ0v) is 21.5. The SMILES string of the molecule is CC1=C(c2cncc(S(C)(=O)=O)c2)C(c2ccc(OCCN3CC(CF)C3)cc2)Oc2ccc(O)cc21. The van der Waals surface area contributed by atoms with Crippen LogP contribution in [0.2, 0.25) is 0 Å². The average Bonchev–Trinajstić information content (AvgIpc) is 2.85. The molecule has 1 N–H and O–H groups in total. The molecule has 2 aliphatic heterocycles. The van der Waals surface area contributed by atoms with Crippen LogP contribution in [0.25, 0.3) is 11.1 Å². The number of hydrogen-bond acceptors (Lipinski definition) is 7. The van der Waals surface area contributed by atoms with Gasteiger partial charge >= 0.3 is 0 Å². The van der Waals surface area contributed by atoms with Crippen LogP contribution in [0.4, 0.5) is 4.39 Å². The van der Waals surface area contributed by atoms with Gasteiger partial charge in [0.1, 0.15) is 30.0 Å². The van der Waals surface area contributed by atoms with Gasteiger partial charge in [0.15, 0.2) is 9.84 Å². The molecule has 9 heteroatoms. The number of phenolic OH excluding ortho intramolecular Hbond substituents is 1. The molecule has 1 saturated heterocycles. The minimum atomic E-state index is -3.46. The first kappa shape index (κ1) is 25.2. The molecule has 1 atom stereocenters. The van der Waals surface area contributed by atoms with Crippen molar-refractivity contribution < 1.29 is 27.4 Å². The van der Waals surface area contributed by atoms with Crippen LogP contribution in [0.3, 0.4) is 0 Å². The number of alkyl halides is 1. The highest BCUT2D eigenvalue weighted by Crippen LogP contribution is 2.47. The second kappa shape index (κ2) is 10.1. The maximum absolute atomic E-state index is 12.6. The Bertz CT molecular complexity index is 1430. The first-order valence-corrected chi connectivity index (χ1v) is 14.0. The van der Waals surface area contributed by atoms with Gasteiger partial charge in [-0.3, -0.25) is 14.3 Å². The topological polar surface area (TPSA) is 89.0 Å². The number of allylic oxidation sites excluding steroid dienone is 1. The van der Waals surface area contributed by atoms with E-state index in [1.807, 2.05) is 31.2 Å². The van der Waals surface area contributed by atoms with Gasteiger partial charge in [0, 0.05) is 60.9 Å². The molecule has 2 aromatic carbocycles. The monoisotopic (exact) mass is 524 g/mol. The summed E-state index contributed by atoms with van der Waals surface area (Å²) < 4.78 is 49.3. The van der Waals surface area contributed by atoms with Gasteiger partial charge in [0.05, 0.1) is 11.6 Å². The third kappa shape index (κ3) is 5.33. The lowest BCUT2D eigenvalue weighted by molar-refractivity contribution is 0.0668. The molecule has 0 radical (unpaired) electrons. The molecule has 2 aliphatic rings. The van der Waals surface area contributed by atoms with Gasteiger partial charge in [0.25, 0.3) is 0 Å². The number of nitrogens with zero attached hydrogens (tertiary/aromatic N) is 2. The third-order valence-electron chi connectivity index (χ3n) is 6.84. The van der Waals surface area contributed by atoms with Crippen molar-refractivity contribution in [1.82, 2.24) is 9.88 Å². The van der Waals surface area contributed by atoms with Crippen LogP contribution in [0.5, 0.6) is 17.2 Å². The molecule has 0 aliphatic carbocycles. The molecular weight excluding hydrogens is 495 g/mol. The molecule has 1 unspecified atom stereocenters. The van der Waals surface area contributed by atoms with E-state index in [4.69, 9.17) is 9.47 Å². The normalized spacial score (nSPS) is 18.2. The van der Waals surface area contributed by atoms with E-state index in [-0.39, 0.29) is 23.2 Å². The molecule has 37 heavy (non-hydrogen) atoms. The van der Waals surface area contributed by atoms with E-state index in [0.29, 0.717) is 17.9 Å². The molecule has 3 aromatic rings. The quantitative estimate of drug-likeness (QED) is 0.463. The Labute approximate surface area is 216 Å². The standard InChI is InChI=1S/C28H29FN2O5S/c1-18-25-12-22(32)5-8-26(25)36-28(27(18)21-11-24(15-30-14-21)37(2,33)34)20-3-6-23(7-4-20)35-10-9-31-16-19(13-29)17-31/h3-8,11-12,14-15,19,28,32H,9-10,13,16-17H2,1-2H3. The molecule has 7 nitrogen and oxygen atoms in total. The van der Waals surface area contributed by atoms with Crippen molar-refractivity contribution in [2.75, 3.05) is 39.2 Å². The number of rotatable bonds is 8. The average molecular weight is 525 g/mol. The number of halogens is 1. The summed E-state index contributed by atoms with van der Waals surface area (Å²) >= 11 is 0. The zero-order valence-electron chi connectivity index (χ0n) is 20.7. The van der Waals surface area contributed by atoms with Gasteiger partial charge in [-0.15, -0.1) is 0 Å². The molecule has 0 bridgehead atoms. The zero-order chi connectivity index (χ0) is 26.2. The van der Waals surface area contributed by atoms with Crippen LogP contribution >= 0.6 is 0 Å². The van der Waals surface area contributed by atoms with Crippen molar-refractivity contribution >= 4 is 21.0 Å². The molecule has 0 spiro atoms. The number of fused-ring (bicyclic) bond motifs is 1. The van der Waals surface area contributed by atoms with Gasteiger partial charge < -0.3 is 14.6 Å². The van der Waals surface area contributed by atoms with E-state index in [1.165, 1.54) is 6.20 Å². The smallest absolute Gasteiger partial charge is 0.177 e. The van der Waals surface area contributed by atoms with Crippen molar-refractivity contribution in [1.29, 1.82) is 0 Å². The minimum absolute atomic E-state index is 0.113. The number of sulfone groups is 1. The summed E-state index contributed by atoms with van der Waals surface area (Å²) in [5.74, 6) is 1.61. The van der Waals surface area contributed by atoms with Crippen molar-refractivity contribution in [3.63, 3.8) is 0 Å². The molecule has 5 rings (SSSR count). The highest BCUT2D eigenvalue weighted by atomic mass is 32.2. The van der Waals surface area contributed by atoms with Gasteiger partial charge in [-0.05, 0) is 54.5 Å². The molecule has 0 amide bonds. The van der Waals surface area contributed by atoms with Crippen LogP contribution in [0.1, 0.15) is 29.7 Å². The summed E-state index contributed by atoms with van der Waals surface area (Å²) in [7, 11) is -3.46.